The fraction of sp³-hybridized carbons (Fsp3) is 0.938. The Morgan fingerprint density at radius 1 is 0.380 bits per heavy atom. The molecule has 0 bridgehead atoms. The maximum absolute atomic E-state index is 12.5. The van der Waals surface area contributed by atoms with Crippen molar-refractivity contribution in [1.29, 1.82) is 0 Å². The van der Waals surface area contributed by atoms with Gasteiger partial charge in [0, 0.05) is 12.8 Å². The Kier molecular flexibility index (Phi) is 59.9. The molecule has 3 N–H and O–H groups in total. The van der Waals surface area contributed by atoms with E-state index in [4.69, 9.17) is 4.74 Å². The summed E-state index contributed by atoms with van der Waals surface area (Å²) >= 11 is 0. The van der Waals surface area contributed by atoms with Crippen molar-refractivity contribution in [2.45, 2.75) is 379 Å². The van der Waals surface area contributed by atoms with Gasteiger partial charge in [-0.15, -0.1) is 0 Å². The Hall–Kier alpha value is -1.40. The van der Waals surface area contributed by atoms with Crippen molar-refractivity contribution in [3.8, 4) is 0 Å². The number of nitrogens with one attached hydrogen (secondary N) is 1. The van der Waals surface area contributed by atoms with Crippen LogP contribution in [0.25, 0.3) is 0 Å². The molecule has 0 aliphatic carbocycles. The van der Waals surface area contributed by atoms with Crippen LogP contribution in [-0.2, 0) is 14.3 Å². The molecule has 0 aliphatic heterocycles. The summed E-state index contributed by atoms with van der Waals surface area (Å²) in [5.41, 5.74) is 0. The quantitative estimate of drug-likeness (QED) is 0.0320. The Morgan fingerprint density at radius 2 is 0.662 bits per heavy atom. The van der Waals surface area contributed by atoms with Crippen LogP contribution in [0.2, 0.25) is 0 Å². The van der Waals surface area contributed by atoms with Gasteiger partial charge in [-0.05, 0) is 51.4 Å². The molecule has 0 fully saturated rings. The number of unbranched alkanes of at least 4 members (excludes halogenated alkanes) is 48. The van der Waals surface area contributed by atoms with Gasteiger partial charge in [0.25, 0.3) is 0 Å². The molecule has 0 spiro atoms. The minimum atomic E-state index is -0.672. The standard InChI is InChI=1S/C65H127NO5/c1-3-5-7-9-11-13-15-17-19-21-22-23-26-29-33-37-41-45-49-53-57-63(68)62(61-67)66-64(69)58-54-50-46-42-38-34-30-27-24-28-32-36-40-44-48-52-56-60-71-65(70)59-55-51-47-43-39-35-31-25-20-18-16-14-12-10-8-6-4-2/h24,28,62-63,67-68H,3-23,25-27,29-61H2,1-2H3,(H,66,69)/b28-24-. The fourth-order valence-corrected chi connectivity index (χ4v) is 10.3. The molecule has 71 heavy (non-hydrogen) atoms. The van der Waals surface area contributed by atoms with Gasteiger partial charge in [0.1, 0.15) is 0 Å². The predicted octanol–water partition coefficient (Wildman–Crippen LogP) is 20.4. The molecule has 0 saturated heterocycles. The lowest BCUT2D eigenvalue weighted by Crippen LogP contribution is -2.45. The van der Waals surface area contributed by atoms with E-state index in [0.717, 1.165) is 51.4 Å². The molecule has 1 amide bonds. The lowest BCUT2D eigenvalue weighted by atomic mass is 10.0. The first kappa shape index (κ1) is 69.6. The summed E-state index contributed by atoms with van der Waals surface area (Å²) in [6.07, 6.45) is 73.7. The molecule has 0 radical (unpaired) electrons. The van der Waals surface area contributed by atoms with Crippen LogP contribution in [0.4, 0.5) is 0 Å². The number of ether oxygens (including phenoxy) is 1. The number of allylic oxidation sites excluding steroid dienone is 2. The summed E-state index contributed by atoms with van der Waals surface area (Å²) in [7, 11) is 0. The highest BCUT2D eigenvalue weighted by atomic mass is 16.5. The third-order valence-corrected chi connectivity index (χ3v) is 15.3. The maximum atomic E-state index is 12.5. The van der Waals surface area contributed by atoms with Crippen molar-refractivity contribution in [2.24, 2.45) is 0 Å². The lowest BCUT2D eigenvalue weighted by molar-refractivity contribution is -0.143. The van der Waals surface area contributed by atoms with Gasteiger partial charge in [0.2, 0.25) is 5.91 Å². The largest absolute Gasteiger partial charge is 0.466 e. The van der Waals surface area contributed by atoms with E-state index in [1.54, 1.807) is 0 Å². The first-order valence-electron chi connectivity index (χ1n) is 32.4. The van der Waals surface area contributed by atoms with Gasteiger partial charge in [-0.25, -0.2) is 0 Å². The van der Waals surface area contributed by atoms with Crippen LogP contribution in [-0.4, -0.2) is 47.4 Å². The average Bonchev–Trinajstić information content (AvgIpc) is 3.37. The number of aliphatic hydroxyl groups is 2. The number of rotatable bonds is 61. The number of carbonyl (C=O) groups is 2. The monoisotopic (exact) mass is 1000 g/mol. The Labute approximate surface area is 444 Å². The van der Waals surface area contributed by atoms with Gasteiger partial charge in [0.05, 0.1) is 25.4 Å². The molecule has 0 aromatic rings. The van der Waals surface area contributed by atoms with Gasteiger partial charge < -0.3 is 20.3 Å². The number of amides is 1. The van der Waals surface area contributed by atoms with Crippen LogP contribution in [0.15, 0.2) is 12.2 Å². The molecule has 6 heteroatoms. The number of esters is 1. The van der Waals surface area contributed by atoms with Crippen LogP contribution >= 0.6 is 0 Å². The van der Waals surface area contributed by atoms with Gasteiger partial charge in [-0.3, -0.25) is 9.59 Å². The van der Waals surface area contributed by atoms with E-state index in [2.05, 4.69) is 31.3 Å². The lowest BCUT2D eigenvalue weighted by Gasteiger charge is -2.22. The highest BCUT2D eigenvalue weighted by molar-refractivity contribution is 5.76. The van der Waals surface area contributed by atoms with E-state index in [-0.39, 0.29) is 18.5 Å². The number of aliphatic hydroxyl groups excluding tert-OH is 2. The molecule has 0 rings (SSSR count). The third kappa shape index (κ3) is 57.7. The van der Waals surface area contributed by atoms with Gasteiger partial charge in [-0.2, -0.15) is 0 Å². The molecular weight excluding hydrogens is 875 g/mol. The van der Waals surface area contributed by atoms with Gasteiger partial charge in [-0.1, -0.05) is 315 Å². The smallest absolute Gasteiger partial charge is 0.305 e. The highest BCUT2D eigenvalue weighted by Gasteiger charge is 2.20. The average molecular weight is 1000 g/mol. The van der Waals surface area contributed by atoms with Crippen molar-refractivity contribution < 1.29 is 24.5 Å². The minimum Gasteiger partial charge on any atom is -0.466 e. The van der Waals surface area contributed by atoms with E-state index in [1.165, 1.54) is 283 Å². The van der Waals surface area contributed by atoms with E-state index in [9.17, 15) is 19.8 Å². The second-order valence-electron chi connectivity index (χ2n) is 22.5. The van der Waals surface area contributed by atoms with Crippen molar-refractivity contribution >= 4 is 11.9 Å². The van der Waals surface area contributed by atoms with Crippen LogP contribution in [0.1, 0.15) is 367 Å². The summed E-state index contributed by atoms with van der Waals surface area (Å²) in [4.78, 5) is 24.6. The highest BCUT2D eigenvalue weighted by Crippen LogP contribution is 2.18. The molecule has 0 aromatic carbocycles. The van der Waals surface area contributed by atoms with E-state index in [1.807, 2.05) is 0 Å². The maximum Gasteiger partial charge on any atom is 0.305 e. The zero-order chi connectivity index (χ0) is 51.4. The molecular formula is C65H127NO5. The first-order valence-corrected chi connectivity index (χ1v) is 32.4. The topological polar surface area (TPSA) is 95.9 Å². The Bertz CT molecular complexity index is 1060. The van der Waals surface area contributed by atoms with Gasteiger partial charge in [0.15, 0.2) is 0 Å². The second-order valence-corrected chi connectivity index (χ2v) is 22.5. The fourth-order valence-electron chi connectivity index (χ4n) is 10.3. The van der Waals surface area contributed by atoms with E-state index >= 15 is 0 Å². The summed E-state index contributed by atoms with van der Waals surface area (Å²) in [5, 5.41) is 23.4. The summed E-state index contributed by atoms with van der Waals surface area (Å²) < 4.78 is 5.49. The Balaban J connectivity index is 3.43. The SMILES string of the molecule is CCCCCCCCCCCCCCCCCCCCCCC(O)C(CO)NC(=O)CCCCCCCCC/C=C\CCCCCCCCOC(=O)CCCCCCCCCCCCCCCCCCC. The number of carbonyl (C=O) groups excluding carboxylic acids is 2. The van der Waals surface area contributed by atoms with Crippen molar-refractivity contribution in [2.75, 3.05) is 13.2 Å². The van der Waals surface area contributed by atoms with Crippen molar-refractivity contribution in [1.82, 2.24) is 5.32 Å². The molecule has 0 aliphatic rings. The van der Waals surface area contributed by atoms with Crippen molar-refractivity contribution in [3.05, 3.63) is 12.2 Å². The van der Waals surface area contributed by atoms with Crippen LogP contribution in [0, 0.1) is 0 Å². The molecule has 0 heterocycles. The predicted molar refractivity (Wildman–Crippen MR) is 310 cm³/mol. The summed E-state index contributed by atoms with van der Waals surface area (Å²) in [5.74, 6) is -0.0396. The summed E-state index contributed by atoms with van der Waals surface area (Å²) in [6, 6.07) is -0.551. The zero-order valence-corrected chi connectivity index (χ0v) is 48.2. The molecule has 2 unspecified atom stereocenters. The third-order valence-electron chi connectivity index (χ3n) is 15.3. The molecule has 6 nitrogen and oxygen atoms in total. The molecule has 422 valence electrons. The van der Waals surface area contributed by atoms with Crippen LogP contribution in [0.5, 0.6) is 0 Å². The first-order chi connectivity index (χ1) is 35.0. The minimum absolute atomic E-state index is 0.00328. The molecule has 0 saturated carbocycles. The van der Waals surface area contributed by atoms with E-state index in [0.29, 0.717) is 25.9 Å². The molecule has 2 atom stereocenters. The van der Waals surface area contributed by atoms with Crippen LogP contribution in [0.3, 0.4) is 0 Å². The zero-order valence-electron chi connectivity index (χ0n) is 48.2. The summed E-state index contributed by atoms with van der Waals surface area (Å²) in [6.45, 7) is 4.97. The second kappa shape index (κ2) is 61.1. The van der Waals surface area contributed by atoms with Crippen LogP contribution < -0.4 is 5.32 Å². The Morgan fingerprint density at radius 3 is 1.00 bits per heavy atom. The van der Waals surface area contributed by atoms with Gasteiger partial charge >= 0.3 is 5.97 Å². The van der Waals surface area contributed by atoms with Crippen molar-refractivity contribution in [3.63, 3.8) is 0 Å². The number of hydrogen-bond acceptors (Lipinski definition) is 5. The normalized spacial score (nSPS) is 12.6. The number of hydrogen-bond donors (Lipinski definition) is 3. The molecule has 0 aromatic heterocycles. The van der Waals surface area contributed by atoms with E-state index < -0.39 is 12.1 Å².